The average Bonchev–Trinajstić information content (AvgIpc) is 3.16. The number of amides is 2. The van der Waals surface area contributed by atoms with E-state index in [1.807, 2.05) is 30.4 Å². The van der Waals surface area contributed by atoms with E-state index in [1.54, 1.807) is 10.9 Å². The summed E-state index contributed by atoms with van der Waals surface area (Å²) in [6, 6.07) is 2.01. The molecule has 0 unspecified atom stereocenters. The van der Waals surface area contributed by atoms with Crippen LogP contribution >= 0.6 is 0 Å². The summed E-state index contributed by atoms with van der Waals surface area (Å²) >= 11 is 0. The van der Waals surface area contributed by atoms with Crippen molar-refractivity contribution in [3.63, 3.8) is 0 Å². The zero-order valence-electron chi connectivity index (χ0n) is 13.8. The first-order valence-electron chi connectivity index (χ1n) is 8.26. The Morgan fingerprint density at radius 3 is 3.17 bits per heavy atom. The minimum Gasteiger partial charge on any atom is -0.469 e. The number of hydrogen-bond donors (Lipinski definition) is 1. The Labute approximate surface area is 136 Å². The van der Waals surface area contributed by atoms with Crippen LogP contribution in [0.15, 0.2) is 29.1 Å². The number of urea groups is 1. The number of carbonyl (C=O) groups is 1. The van der Waals surface area contributed by atoms with Crippen LogP contribution in [0, 0.1) is 0 Å². The first kappa shape index (κ1) is 15.6. The van der Waals surface area contributed by atoms with Crippen LogP contribution < -0.4 is 5.32 Å². The molecule has 2 aromatic heterocycles. The third kappa shape index (κ3) is 3.57. The SMILES string of the molecule is CCCN(Cc1cnn(C)c1)C(=O)N[C@H]1CCCc2occc21. The van der Waals surface area contributed by atoms with Crippen molar-refractivity contribution in [1.29, 1.82) is 0 Å². The Hall–Kier alpha value is -2.24. The standard InChI is InChI=1S/C17H24N4O2/c1-3-8-21(12-13-10-18-20(2)11-13)17(22)19-15-5-4-6-16-14(15)7-9-23-16/h7,9-11,15H,3-6,8,12H2,1-2H3,(H,19,22)/t15-/m0/s1. The van der Waals surface area contributed by atoms with Gasteiger partial charge >= 0.3 is 6.03 Å². The van der Waals surface area contributed by atoms with E-state index in [4.69, 9.17) is 4.42 Å². The molecule has 1 aliphatic rings. The summed E-state index contributed by atoms with van der Waals surface area (Å²) in [7, 11) is 1.89. The van der Waals surface area contributed by atoms with Crippen molar-refractivity contribution in [1.82, 2.24) is 20.0 Å². The van der Waals surface area contributed by atoms with Crippen LogP contribution in [0.3, 0.4) is 0 Å². The number of nitrogens with zero attached hydrogens (tertiary/aromatic N) is 3. The molecule has 124 valence electrons. The third-order valence-corrected chi connectivity index (χ3v) is 4.26. The van der Waals surface area contributed by atoms with E-state index in [1.165, 1.54) is 0 Å². The van der Waals surface area contributed by atoms with Crippen molar-refractivity contribution in [2.24, 2.45) is 7.05 Å². The summed E-state index contributed by atoms with van der Waals surface area (Å²) in [6.45, 7) is 3.39. The van der Waals surface area contributed by atoms with Crippen molar-refractivity contribution in [2.45, 2.75) is 45.2 Å². The Bertz CT molecular complexity index is 661. The van der Waals surface area contributed by atoms with Crippen LogP contribution in [0.2, 0.25) is 0 Å². The van der Waals surface area contributed by atoms with Crippen molar-refractivity contribution in [2.75, 3.05) is 6.54 Å². The summed E-state index contributed by atoms with van der Waals surface area (Å²) in [5.41, 5.74) is 2.17. The molecule has 0 saturated carbocycles. The van der Waals surface area contributed by atoms with Crippen molar-refractivity contribution < 1.29 is 9.21 Å². The van der Waals surface area contributed by atoms with E-state index in [2.05, 4.69) is 17.3 Å². The largest absolute Gasteiger partial charge is 0.469 e. The predicted octanol–water partition coefficient (Wildman–Crippen LogP) is 3.01. The third-order valence-electron chi connectivity index (χ3n) is 4.26. The quantitative estimate of drug-likeness (QED) is 0.922. The minimum absolute atomic E-state index is 0.0187. The van der Waals surface area contributed by atoms with E-state index < -0.39 is 0 Å². The number of aromatic nitrogens is 2. The summed E-state index contributed by atoms with van der Waals surface area (Å²) in [5, 5.41) is 7.35. The van der Waals surface area contributed by atoms with Gasteiger partial charge in [-0.15, -0.1) is 0 Å². The second-order valence-electron chi connectivity index (χ2n) is 6.14. The smallest absolute Gasteiger partial charge is 0.318 e. The molecular formula is C17H24N4O2. The van der Waals surface area contributed by atoms with Gasteiger partial charge in [-0.05, 0) is 25.3 Å². The van der Waals surface area contributed by atoms with Crippen LogP contribution in [0.1, 0.15) is 49.1 Å². The Morgan fingerprint density at radius 1 is 1.57 bits per heavy atom. The van der Waals surface area contributed by atoms with E-state index in [0.717, 1.165) is 49.1 Å². The molecule has 0 fully saturated rings. The molecule has 1 N–H and O–H groups in total. The maximum atomic E-state index is 12.7. The van der Waals surface area contributed by atoms with Crippen LogP contribution in [0.25, 0.3) is 0 Å². The summed E-state index contributed by atoms with van der Waals surface area (Å²) < 4.78 is 7.26. The van der Waals surface area contributed by atoms with E-state index in [9.17, 15) is 4.79 Å². The highest BCUT2D eigenvalue weighted by Gasteiger charge is 2.25. The molecule has 0 saturated heterocycles. The predicted molar refractivity (Wildman–Crippen MR) is 86.8 cm³/mol. The lowest BCUT2D eigenvalue weighted by Crippen LogP contribution is -2.42. The maximum absolute atomic E-state index is 12.7. The van der Waals surface area contributed by atoms with Gasteiger partial charge in [0.05, 0.1) is 25.0 Å². The van der Waals surface area contributed by atoms with Crippen molar-refractivity contribution >= 4 is 6.03 Å². The Kier molecular flexibility index (Phi) is 4.69. The second-order valence-corrected chi connectivity index (χ2v) is 6.14. The maximum Gasteiger partial charge on any atom is 0.318 e. The van der Waals surface area contributed by atoms with E-state index in [-0.39, 0.29) is 12.1 Å². The number of hydrogen-bond acceptors (Lipinski definition) is 3. The van der Waals surface area contributed by atoms with E-state index >= 15 is 0 Å². The Balaban J connectivity index is 1.67. The highest BCUT2D eigenvalue weighted by Crippen LogP contribution is 2.30. The molecule has 0 aromatic carbocycles. The van der Waals surface area contributed by atoms with Gasteiger partial charge in [-0.3, -0.25) is 4.68 Å². The lowest BCUT2D eigenvalue weighted by molar-refractivity contribution is 0.189. The molecule has 0 aliphatic heterocycles. The van der Waals surface area contributed by atoms with Crippen LogP contribution in [0.4, 0.5) is 4.79 Å². The highest BCUT2D eigenvalue weighted by atomic mass is 16.3. The van der Waals surface area contributed by atoms with Crippen molar-refractivity contribution in [3.05, 3.63) is 41.6 Å². The number of rotatable bonds is 5. The van der Waals surface area contributed by atoms with E-state index in [0.29, 0.717) is 6.54 Å². The molecule has 2 heterocycles. The number of furan rings is 1. The molecule has 3 rings (SSSR count). The Morgan fingerprint density at radius 2 is 2.43 bits per heavy atom. The van der Waals surface area contributed by atoms with Gasteiger partial charge in [0.25, 0.3) is 0 Å². The van der Waals surface area contributed by atoms with Gasteiger partial charge in [0.1, 0.15) is 5.76 Å². The summed E-state index contributed by atoms with van der Waals surface area (Å²) in [6.07, 6.45) is 9.37. The van der Waals surface area contributed by atoms with Gasteiger partial charge in [0, 0.05) is 37.3 Å². The van der Waals surface area contributed by atoms with Gasteiger partial charge in [-0.25, -0.2) is 4.79 Å². The minimum atomic E-state index is -0.0187. The molecule has 1 aliphatic carbocycles. The van der Waals surface area contributed by atoms with Gasteiger partial charge in [0.15, 0.2) is 0 Å². The van der Waals surface area contributed by atoms with Crippen LogP contribution in [0.5, 0.6) is 0 Å². The molecule has 0 radical (unpaired) electrons. The number of fused-ring (bicyclic) bond motifs is 1. The monoisotopic (exact) mass is 316 g/mol. The van der Waals surface area contributed by atoms with Crippen LogP contribution in [-0.2, 0) is 20.0 Å². The number of carbonyl (C=O) groups excluding carboxylic acids is 1. The first-order chi connectivity index (χ1) is 11.2. The fourth-order valence-corrected chi connectivity index (χ4v) is 3.17. The van der Waals surface area contributed by atoms with Gasteiger partial charge in [-0.1, -0.05) is 6.92 Å². The fourth-order valence-electron chi connectivity index (χ4n) is 3.17. The molecule has 6 heteroatoms. The zero-order valence-corrected chi connectivity index (χ0v) is 13.8. The fraction of sp³-hybridized carbons (Fsp3) is 0.529. The molecule has 0 spiro atoms. The summed E-state index contributed by atoms with van der Waals surface area (Å²) in [4.78, 5) is 14.6. The molecule has 0 bridgehead atoms. The number of nitrogens with one attached hydrogen (secondary N) is 1. The van der Waals surface area contributed by atoms with Gasteiger partial charge < -0.3 is 14.6 Å². The average molecular weight is 316 g/mol. The van der Waals surface area contributed by atoms with Crippen molar-refractivity contribution in [3.8, 4) is 0 Å². The molecular weight excluding hydrogens is 292 g/mol. The normalized spacial score (nSPS) is 16.9. The molecule has 1 atom stereocenters. The van der Waals surface area contributed by atoms with Crippen LogP contribution in [-0.4, -0.2) is 27.3 Å². The molecule has 6 nitrogen and oxygen atoms in total. The molecule has 2 aromatic rings. The van der Waals surface area contributed by atoms with Gasteiger partial charge in [-0.2, -0.15) is 5.10 Å². The molecule has 2 amide bonds. The second kappa shape index (κ2) is 6.89. The number of aryl methyl sites for hydroxylation is 2. The summed E-state index contributed by atoms with van der Waals surface area (Å²) in [5.74, 6) is 1.01. The highest BCUT2D eigenvalue weighted by molar-refractivity contribution is 5.74. The lowest BCUT2D eigenvalue weighted by atomic mass is 9.93. The molecule has 23 heavy (non-hydrogen) atoms. The zero-order chi connectivity index (χ0) is 16.2. The lowest BCUT2D eigenvalue weighted by Gasteiger charge is -2.28. The topological polar surface area (TPSA) is 63.3 Å². The van der Waals surface area contributed by atoms with Gasteiger partial charge in [0.2, 0.25) is 0 Å². The first-order valence-corrected chi connectivity index (χ1v) is 8.26.